The van der Waals surface area contributed by atoms with Gasteiger partial charge < -0.3 is 5.32 Å². The summed E-state index contributed by atoms with van der Waals surface area (Å²) in [5, 5.41) is 17.6. The standard InChI is InChI=1S/C17H14N4O5S/c1-27(25,26)15-7-2-4-12(10-15)18-17(22)16-8-9-20(19-16)13-5-3-6-14(11-13)21(23)24/h2-11H,1H3,(H,18,22). The molecular weight excluding hydrogens is 372 g/mol. The molecule has 0 unspecified atom stereocenters. The Labute approximate surface area is 154 Å². The number of non-ortho nitro benzene ring substituents is 1. The molecule has 1 aromatic heterocycles. The average Bonchev–Trinajstić information content (AvgIpc) is 3.11. The average molecular weight is 386 g/mol. The Morgan fingerprint density at radius 2 is 1.89 bits per heavy atom. The van der Waals surface area contributed by atoms with Crippen LogP contribution in [0.3, 0.4) is 0 Å². The summed E-state index contributed by atoms with van der Waals surface area (Å²) < 4.78 is 24.5. The maximum absolute atomic E-state index is 12.4. The van der Waals surface area contributed by atoms with E-state index in [1.165, 1.54) is 53.3 Å². The fraction of sp³-hybridized carbons (Fsp3) is 0.0588. The number of benzene rings is 2. The Kier molecular flexibility index (Phi) is 4.74. The van der Waals surface area contributed by atoms with Gasteiger partial charge in [0.15, 0.2) is 15.5 Å². The molecule has 0 aliphatic rings. The molecule has 3 rings (SSSR count). The minimum absolute atomic E-state index is 0.0752. The Morgan fingerprint density at radius 1 is 1.15 bits per heavy atom. The first-order valence-electron chi connectivity index (χ1n) is 7.66. The molecule has 0 aliphatic heterocycles. The van der Waals surface area contributed by atoms with E-state index in [9.17, 15) is 23.3 Å². The first kappa shape index (κ1) is 18.3. The largest absolute Gasteiger partial charge is 0.321 e. The molecule has 0 aliphatic carbocycles. The van der Waals surface area contributed by atoms with Gasteiger partial charge in [0.1, 0.15) is 0 Å². The van der Waals surface area contributed by atoms with Crippen LogP contribution >= 0.6 is 0 Å². The van der Waals surface area contributed by atoms with Crippen molar-refractivity contribution in [3.8, 4) is 5.69 Å². The van der Waals surface area contributed by atoms with E-state index in [1.807, 2.05) is 0 Å². The van der Waals surface area contributed by atoms with Crippen LogP contribution in [0.1, 0.15) is 10.5 Å². The number of anilines is 1. The van der Waals surface area contributed by atoms with Gasteiger partial charge in [0, 0.05) is 30.3 Å². The monoisotopic (exact) mass is 386 g/mol. The van der Waals surface area contributed by atoms with E-state index in [0.29, 0.717) is 11.4 Å². The van der Waals surface area contributed by atoms with Gasteiger partial charge in [0.25, 0.3) is 11.6 Å². The number of nitrogens with one attached hydrogen (secondary N) is 1. The number of aromatic nitrogens is 2. The van der Waals surface area contributed by atoms with Crippen molar-refractivity contribution in [2.24, 2.45) is 0 Å². The van der Waals surface area contributed by atoms with Gasteiger partial charge >= 0.3 is 0 Å². The van der Waals surface area contributed by atoms with Crippen molar-refractivity contribution in [1.82, 2.24) is 9.78 Å². The number of carbonyl (C=O) groups is 1. The molecule has 1 N–H and O–H groups in total. The summed E-state index contributed by atoms with van der Waals surface area (Å²) in [5.41, 5.74) is 0.730. The summed E-state index contributed by atoms with van der Waals surface area (Å²) in [6.45, 7) is 0. The number of hydrogen-bond acceptors (Lipinski definition) is 6. The van der Waals surface area contributed by atoms with E-state index < -0.39 is 20.7 Å². The zero-order valence-corrected chi connectivity index (χ0v) is 14.9. The molecule has 3 aromatic rings. The third-order valence-electron chi connectivity index (χ3n) is 3.65. The highest BCUT2D eigenvalue weighted by atomic mass is 32.2. The molecule has 2 aromatic carbocycles. The van der Waals surface area contributed by atoms with Crippen molar-refractivity contribution in [3.05, 3.63) is 76.6 Å². The van der Waals surface area contributed by atoms with E-state index in [4.69, 9.17) is 0 Å². The van der Waals surface area contributed by atoms with Crippen molar-refractivity contribution in [2.75, 3.05) is 11.6 Å². The molecule has 138 valence electrons. The molecule has 0 radical (unpaired) electrons. The molecular formula is C17H14N4O5S. The van der Waals surface area contributed by atoms with Crippen LogP contribution in [0.2, 0.25) is 0 Å². The van der Waals surface area contributed by atoms with Gasteiger partial charge in [0.2, 0.25) is 0 Å². The van der Waals surface area contributed by atoms with Crippen LogP contribution < -0.4 is 5.32 Å². The van der Waals surface area contributed by atoms with Crippen LogP contribution in [-0.4, -0.2) is 35.3 Å². The predicted octanol–water partition coefficient (Wildman–Crippen LogP) is 2.44. The van der Waals surface area contributed by atoms with Crippen LogP contribution in [0.4, 0.5) is 11.4 Å². The number of nitrogens with zero attached hydrogens (tertiary/aromatic N) is 3. The highest BCUT2D eigenvalue weighted by Gasteiger charge is 2.14. The first-order valence-corrected chi connectivity index (χ1v) is 9.55. The SMILES string of the molecule is CS(=O)(=O)c1cccc(NC(=O)c2ccn(-c3cccc([N+](=O)[O-])c3)n2)c1. The van der Waals surface area contributed by atoms with Gasteiger partial charge in [-0.3, -0.25) is 14.9 Å². The van der Waals surface area contributed by atoms with Gasteiger partial charge in [-0.15, -0.1) is 0 Å². The normalized spacial score (nSPS) is 11.1. The van der Waals surface area contributed by atoms with Crippen LogP contribution in [0.5, 0.6) is 0 Å². The van der Waals surface area contributed by atoms with Gasteiger partial charge in [-0.05, 0) is 30.3 Å². The number of rotatable bonds is 5. The highest BCUT2D eigenvalue weighted by molar-refractivity contribution is 7.90. The number of amides is 1. The summed E-state index contributed by atoms with van der Waals surface area (Å²) in [5.74, 6) is -0.537. The van der Waals surface area contributed by atoms with Gasteiger partial charge in [0.05, 0.1) is 15.5 Å². The van der Waals surface area contributed by atoms with Gasteiger partial charge in [-0.25, -0.2) is 13.1 Å². The zero-order chi connectivity index (χ0) is 19.6. The molecule has 0 saturated heterocycles. The lowest BCUT2D eigenvalue weighted by Gasteiger charge is -2.05. The zero-order valence-electron chi connectivity index (χ0n) is 14.1. The lowest BCUT2D eigenvalue weighted by atomic mass is 10.3. The molecule has 1 heterocycles. The molecule has 0 spiro atoms. The van der Waals surface area contributed by atoms with E-state index in [0.717, 1.165) is 6.26 Å². The molecule has 0 bridgehead atoms. The maximum Gasteiger partial charge on any atom is 0.276 e. The summed E-state index contributed by atoms with van der Waals surface area (Å²) in [6.07, 6.45) is 2.58. The summed E-state index contributed by atoms with van der Waals surface area (Å²) in [4.78, 5) is 22.8. The number of sulfone groups is 1. The topological polar surface area (TPSA) is 124 Å². The molecule has 9 nitrogen and oxygen atoms in total. The van der Waals surface area contributed by atoms with Crippen LogP contribution in [0, 0.1) is 10.1 Å². The van der Waals surface area contributed by atoms with Gasteiger partial charge in [-0.1, -0.05) is 12.1 Å². The van der Waals surface area contributed by atoms with Crippen LogP contribution in [0.15, 0.2) is 65.7 Å². The van der Waals surface area contributed by atoms with E-state index in [1.54, 1.807) is 12.1 Å². The molecule has 0 atom stereocenters. The molecule has 0 fully saturated rings. The quantitative estimate of drug-likeness (QED) is 0.530. The second kappa shape index (κ2) is 7.00. The van der Waals surface area contributed by atoms with Crippen molar-refractivity contribution < 1.29 is 18.1 Å². The number of hydrogen-bond donors (Lipinski definition) is 1. The lowest BCUT2D eigenvalue weighted by Crippen LogP contribution is -2.13. The maximum atomic E-state index is 12.4. The number of carbonyl (C=O) groups excluding carboxylic acids is 1. The first-order chi connectivity index (χ1) is 12.7. The van der Waals surface area contributed by atoms with Crippen molar-refractivity contribution >= 4 is 27.1 Å². The third-order valence-corrected chi connectivity index (χ3v) is 4.76. The Bertz CT molecular complexity index is 1140. The minimum Gasteiger partial charge on any atom is -0.321 e. The van der Waals surface area contributed by atoms with E-state index in [2.05, 4.69) is 10.4 Å². The lowest BCUT2D eigenvalue weighted by molar-refractivity contribution is -0.384. The van der Waals surface area contributed by atoms with Crippen LogP contribution in [-0.2, 0) is 9.84 Å². The smallest absolute Gasteiger partial charge is 0.276 e. The van der Waals surface area contributed by atoms with Crippen molar-refractivity contribution in [3.63, 3.8) is 0 Å². The highest BCUT2D eigenvalue weighted by Crippen LogP contribution is 2.18. The minimum atomic E-state index is -3.39. The second-order valence-corrected chi connectivity index (χ2v) is 7.69. The number of nitro benzene ring substituents is 1. The second-order valence-electron chi connectivity index (χ2n) is 5.68. The molecule has 1 amide bonds. The predicted molar refractivity (Wildman–Crippen MR) is 97.7 cm³/mol. The van der Waals surface area contributed by atoms with E-state index in [-0.39, 0.29) is 16.3 Å². The van der Waals surface area contributed by atoms with Crippen molar-refractivity contribution in [2.45, 2.75) is 4.90 Å². The van der Waals surface area contributed by atoms with Crippen molar-refractivity contribution in [1.29, 1.82) is 0 Å². The van der Waals surface area contributed by atoms with Gasteiger partial charge in [-0.2, -0.15) is 5.10 Å². The Morgan fingerprint density at radius 3 is 2.59 bits per heavy atom. The number of nitro groups is 1. The Balaban J connectivity index is 1.82. The fourth-order valence-corrected chi connectivity index (χ4v) is 3.00. The Hall–Kier alpha value is -3.53. The van der Waals surface area contributed by atoms with E-state index >= 15 is 0 Å². The molecule has 0 saturated carbocycles. The summed E-state index contributed by atoms with van der Waals surface area (Å²) in [6, 6.07) is 13.2. The summed E-state index contributed by atoms with van der Waals surface area (Å²) in [7, 11) is -3.39. The molecule has 27 heavy (non-hydrogen) atoms. The fourth-order valence-electron chi connectivity index (χ4n) is 2.34. The van der Waals surface area contributed by atoms with Crippen LogP contribution in [0.25, 0.3) is 5.69 Å². The third kappa shape index (κ3) is 4.18. The summed E-state index contributed by atoms with van der Waals surface area (Å²) >= 11 is 0. The molecule has 10 heteroatoms.